The average Bonchev–Trinajstić information content (AvgIpc) is 2.46. The molecule has 3 nitrogen and oxygen atoms in total. The van der Waals surface area contributed by atoms with E-state index in [0.717, 1.165) is 44.7 Å². The van der Waals surface area contributed by atoms with Gasteiger partial charge in [-0.2, -0.15) is 0 Å². The van der Waals surface area contributed by atoms with Crippen molar-refractivity contribution in [1.29, 1.82) is 0 Å². The number of piperidine rings is 1. The maximum atomic E-state index is 11.9. The molecule has 0 aromatic heterocycles. The minimum atomic E-state index is 0.223. The van der Waals surface area contributed by atoms with Crippen molar-refractivity contribution in [3.63, 3.8) is 0 Å². The lowest BCUT2D eigenvalue weighted by Crippen LogP contribution is -2.36. The van der Waals surface area contributed by atoms with Crippen molar-refractivity contribution in [2.45, 2.75) is 45.4 Å². The molecule has 0 aromatic carbocycles. The number of carbonyl (C=O) groups excluding carboxylic acids is 1. The van der Waals surface area contributed by atoms with Gasteiger partial charge in [0.1, 0.15) is 0 Å². The Bertz CT molecular complexity index is 306. The quantitative estimate of drug-likeness (QED) is 0.611. The summed E-state index contributed by atoms with van der Waals surface area (Å²) >= 11 is 0. The topological polar surface area (TPSA) is 32.3 Å². The fourth-order valence-corrected chi connectivity index (χ4v) is 2.98. The van der Waals surface area contributed by atoms with E-state index in [4.69, 9.17) is 0 Å². The van der Waals surface area contributed by atoms with Gasteiger partial charge in [-0.3, -0.25) is 4.79 Å². The van der Waals surface area contributed by atoms with Crippen LogP contribution in [0.1, 0.15) is 45.4 Å². The summed E-state index contributed by atoms with van der Waals surface area (Å²) in [7, 11) is 0. The lowest BCUT2D eigenvalue weighted by Gasteiger charge is -2.30. The molecule has 1 heterocycles. The van der Waals surface area contributed by atoms with Crippen LogP contribution in [0.15, 0.2) is 12.2 Å². The van der Waals surface area contributed by atoms with E-state index in [-0.39, 0.29) is 11.8 Å². The largest absolute Gasteiger partial charge is 0.356 e. The first-order valence-electron chi connectivity index (χ1n) is 7.91. The molecule has 0 spiro atoms. The molecule has 1 unspecified atom stereocenters. The summed E-state index contributed by atoms with van der Waals surface area (Å²) in [5, 5.41) is 3.10. The third-order valence-corrected chi connectivity index (χ3v) is 4.47. The van der Waals surface area contributed by atoms with Gasteiger partial charge in [0.05, 0.1) is 0 Å². The average molecular weight is 264 g/mol. The third kappa shape index (κ3) is 4.98. The summed E-state index contributed by atoms with van der Waals surface area (Å²) in [6, 6.07) is 0. The third-order valence-electron chi connectivity index (χ3n) is 4.47. The van der Waals surface area contributed by atoms with Crippen molar-refractivity contribution >= 4 is 5.91 Å². The highest BCUT2D eigenvalue weighted by molar-refractivity contribution is 5.78. The van der Waals surface area contributed by atoms with Crippen LogP contribution in [-0.4, -0.2) is 37.0 Å². The molecule has 1 aliphatic carbocycles. The molecule has 0 saturated carbocycles. The van der Waals surface area contributed by atoms with Gasteiger partial charge in [0, 0.05) is 12.5 Å². The number of hydrogen-bond acceptors (Lipinski definition) is 2. The summed E-state index contributed by atoms with van der Waals surface area (Å²) in [5.74, 6) is 1.38. The molecule has 1 N–H and O–H groups in total. The molecule has 2 aliphatic rings. The fraction of sp³-hybridized carbons (Fsp3) is 0.812. The van der Waals surface area contributed by atoms with E-state index in [9.17, 15) is 4.79 Å². The SMILES string of the molecule is CC1CCN(CCCNC(=O)C2CC=CCC2)CC1. The van der Waals surface area contributed by atoms with Gasteiger partial charge in [-0.1, -0.05) is 19.1 Å². The van der Waals surface area contributed by atoms with E-state index < -0.39 is 0 Å². The molecule has 0 bridgehead atoms. The maximum absolute atomic E-state index is 11.9. The van der Waals surface area contributed by atoms with Crippen molar-refractivity contribution < 1.29 is 4.79 Å². The molecule has 3 heteroatoms. The van der Waals surface area contributed by atoms with Gasteiger partial charge in [-0.15, -0.1) is 0 Å². The molecule has 19 heavy (non-hydrogen) atoms. The van der Waals surface area contributed by atoms with Crippen molar-refractivity contribution in [2.24, 2.45) is 11.8 Å². The summed E-state index contributed by atoms with van der Waals surface area (Å²) in [4.78, 5) is 14.5. The molecule has 1 fully saturated rings. The fourth-order valence-electron chi connectivity index (χ4n) is 2.98. The predicted molar refractivity (Wildman–Crippen MR) is 78.9 cm³/mol. The first-order chi connectivity index (χ1) is 9.25. The molecule has 0 aromatic rings. The minimum absolute atomic E-state index is 0.223. The van der Waals surface area contributed by atoms with Crippen LogP contribution < -0.4 is 5.32 Å². The van der Waals surface area contributed by atoms with Crippen LogP contribution in [0, 0.1) is 11.8 Å². The normalized spacial score (nSPS) is 25.4. The molecular formula is C16H28N2O. The highest BCUT2D eigenvalue weighted by Crippen LogP contribution is 2.18. The van der Waals surface area contributed by atoms with E-state index in [1.165, 1.54) is 25.9 Å². The zero-order chi connectivity index (χ0) is 13.5. The number of hydrogen-bond donors (Lipinski definition) is 1. The standard InChI is InChI=1S/C16H28N2O/c1-14-8-12-18(13-9-14)11-5-10-17-16(19)15-6-3-2-4-7-15/h2-3,14-15H,4-13H2,1H3,(H,17,19). The van der Waals surface area contributed by atoms with E-state index in [1.54, 1.807) is 0 Å². The van der Waals surface area contributed by atoms with Crippen LogP contribution in [0.5, 0.6) is 0 Å². The van der Waals surface area contributed by atoms with Gasteiger partial charge >= 0.3 is 0 Å². The minimum Gasteiger partial charge on any atom is -0.356 e. The molecule has 108 valence electrons. The van der Waals surface area contributed by atoms with Crippen LogP contribution in [0.4, 0.5) is 0 Å². The van der Waals surface area contributed by atoms with Crippen molar-refractivity contribution in [1.82, 2.24) is 10.2 Å². The zero-order valence-electron chi connectivity index (χ0n) is 12.2. The number of amides is 1. The molecule has 2 rings (SSSR count). The Balaban J connectivity index is 1.54. The van der Waals surface area contributed by atoms with Gasteiger partial charge < -0.3 is 10.2 Å². The van der Waals surface area contributed by atoms with Crippen molar-refractivity contribution in [3.8, 4) is 0 Å². The summed E-state index contributed by atoms with van der Waals surface area (Å²) in [6.45, 7) is 6.80. The van der Waals surface area contributed by atoms with Gasteiger partial charge in [0.2, 0.25) is 5.91 Å². The van der Waals surface area contributed by atoms with Crippen LogP contribution in [0.2, 0.25) is 0 Å². The summed E-state index contributed by atoms with van der Waals surface area (Å²) in [5.41, 5.74) is 0. The Kier molecular flexibility index (Phi) is 5.90. The molecule has 1 saturated heterocycles. The van der Waals surface area contributed by atoms with Crippen LogP contribution in [0.3, 0.4) is 0 Å². The van der Waals surface area contributed by atoms with Crippen LogP contribution >= 0.6 is 0 Å². The Hall–Kier alpha value is -0.830. The smallest absolute Gasteiger partial charge is 0.223 e. The van der Waals surface area contributed by atoms with E-state index in [0.29, 0.717) is 0 Å². The van der Waals surface area contributed by atoms with Crippen molar-refractivity contribution in [2.75, 3.05) is 26.2 Å². The van der Waals surface area contributed by atoms with E-state index in [1.807, 2.05) is 0 Å². The number of carbonyl (C=O) groups is 1. The van der Waals surface area contributed by atoms with Crippen LogP contribution in [-0.2, 0) is 4.79 Å². The summed E-state index contributed by atoms with van der Waals surface area (Å²) < 4.78 is 0. The molecular weight excluding hydrogens is 236 g/mol. The lowest BCUT2D eigenvalue weighted by molar-refractivity contribution is -0.125. The number of likely N-dealkylation sites (tertiary alicyclic amines) is 1. The maximum Gasteiger partial charge on any atom is 0.223 e. The van der Waals surface area contributed by atoms with Gasteiger partial charge in [0.25, 0.3) is 0 Å². The number of rotatable bonds is 5. The zero-order valence-corrected chi connectivity index (χ0v) is 12.2. The second kappa shape index (κ2) is 7.68. The lowest BCUT2D eigenvalue weighted by atomic mass is 9.94. The first-order valence-corrected chi connectivity index (χ1v) is 7.91. The van der Waals surface area contributed by atoms with E-state index >= 15 is 0 Å². The second-order valence-corrected chi connectivity index (χ2v) is 6.15. The van der Waals surface area contributed by atoms with Gasteiger partial charge in [-0.05, 0) is 64.1 Å². The summed E-state index contributed by atoms with van der Waals surface area (Å²) in [6.07, 6.45) is 11.1. The van der Waals surface area contributed by atoms with Gasteiger partial charge in [-0.25, -0.2) is 0 Å². The second-order valence-electron chi connectivity index (χ2n) is 6.15. The molecule has 1 amide bonds. The highest BCUT2D eigenvalue weighted by Gasteiger charge is 2.18. The van der Waals surface area contributed by atoms with Gasteiger partial charge in [0.15, 0.2) is 0 Å². The molecule has 1 atom stereocenters. The Morgan fingerprint density at radius 3 is 2.74 bits per heavy atom. The van der Waals surface area contributed by atoms with E-state index in [2.05, 4.69) is 29.3 Å². The monoisotopic (exact) mass is 264 g/mol. The molecule has 1 aliphatic heterocycles. The molecule has 0 radical (unpaired) electrons. The number of nitrogens with zero attached hydrogens (tertiary/aromatic N) is 1. The Morgan fingerprint density at radius 2 is 2.05 bits per heavy atom. The Morgan fingerprint density at radius 1 is 1.26 bits per heavy atom. The number of allylic oxidation sites excluding steroid dienone is 2. The Labute approximate surface area is 117 Å². The predicted octanol–water partition coefficient (Wildman–Crippen LogP) is 2.58. The van der Waals surface area contributed by atoms with Crippen molar-refractivity contribution in [3.05, 3.63) is 12.2 Å². The number of nitrogens with one attached hydrogen (secondary N) is 1. The first kappa shape index (κ1) is 14.6. The van der Waals surface area contributed by atoms with Crippen LogP contribution in [0.25, 0.3) is 0 Å². The highest BCUT2D eigenvalue weighted by atomic mass is 16.1.